The molecule has 0 spiro atoms. The number of ether oxygens (including phenoxy) is 1. The van der Waals surface area contributed by atoms with Gasteiger partial charge in [0.25, 0.3) is 0 Å². The Balaban J connectivity index is 2.41. The van der Waals surface area contributed by atoms with E-state index >= 15 is 0 Å². The Morgan fingerprint density at radius 3 is 2.95 bits per heavy atom. The van der Waals surface area contributed by atoms with Gasteiger partial charge in [-0.25, -0.2) is 0 Å². The molecule has 1 N–H and O–H groups in total. The lowest BCUT2D eigenvalue weighted by molar-refractivity contribution is 0.0171. The molecule has 0 heterocycles. The van der Waals surface area contributed by atoms with Gasteiger partial charge >= 0.3 is 0 Å². The maximum absolute atomic E-state index is 10.9. The summed E-state index contributed by atoms with van der Waals surface area (Å²) in [7, 11) is 1.55. The van der Waals surface area contributed by atoms with Crippen LogP contribution in [0.1, 0.15) is 50.7 Å². The fourth-order valence-corrected chi connectivity index (χ4v) is 3.69. The SMILES string of the molecule is CCC1CCCC(C#N)(C(O)c2c(Cl)cccc2OC)C1. The molecule has 0 aliphatic heterocycles. The highest BCUT2D eigenvalue weighted by Crippen LogP contribution is 2.51. The van der Waals surface area contributed by atoms with Gasteiger partial charge in [0.15, 0.2) is 0 Å². The Morgan fingerprint density at radius 1 is 1.57 bits per heavy atom. The molecule has 0 saturated heterocycles. The van der Waals surface area contributed by atoms with E-state index in [2.05, 4.69) is 13.0 Å². The maximum Gasteiger partial charge on any atom is 0.126 e. The lowest BCUT2D eigenvalue weighted by Crippen LogP contribution is -2.33. The number of hydrogen-bond acceptors (Lipinski definition) is 3. The zero-order chi connectivity index (χ0) is 15.5. The van der Waals surface area contributed by atoms with E-state index in [0.717, 1.165) is 25.7 Å². The third kappa shape index (κ3) is 3.02. The van der Waals surface area contributed by atoms with Gasteiger partial charge in [0.05, 0.1) is 23.6 Å². The van der Waals surface area contributed by atoms with Crippen molar-refractivity contribution in [1.29, 1.82) is 5.26 Å². The Labute approximate surface area is 131 Å². The van der Waals surface area contributed by atoms with Crippen molar-refractivity contribution in [3.05, 3.63) is 28.8 Å². The molecular weight excluding hydrogens is 286 g/mol. The number of rotatable bonds is 4. The number of methoxy groups -OCH3 is 1. The molecule has 3 unspecified atom stereocenters. The number of aliphatic hydroxyl groups excluding tert-OH is 1. The van der Waals surface area contributed by atoms with E-state index in [1.54, 1.807) is 25.3 Å². The zero-order valence-corrected chi connectivity index (χ0v) is 13.4. The van der Waals surface area contributed by atoms with Crippen molar-refractivity contribution >= 4 is 11.6 Å². The average molecular weight is 308 g/mol. The molecule has 0 radical (unpaired) electrons. The first-order valence-corrected chi connectivity index (χ1v) is 7.87. The van der Waals surface area contributed by atoms with E-state index in [0.29, 0.717) is 28.7 Å². The van der Waals surface area contributed by atoms with Gasteiger partial charge in [-0.2, -0.15) is 5.26 Å². The molecule has 114 valence electrons. The molecule has 1 aromatic carbocycles. The van der Waals surface area contributed by atoms with Gasteiger partial charge in [-0.3, -0.25) is 0 Å². The van der Waals surface area contributed by atoms with Crippen molar-refractivity contribution < 1.29 is 9.84 Å². The van der Waals surface area contributed by atoms with Crippen molar-refractivity contribution in [3.63, 3.8) is 0 Å². The van der Waals surface area contributed by atoms with Gasteiger partial charge in [0, 0.05) is 5.56 Å². The van der Waals surface area contributed by atoms with Gasteiger partial charge in [0.1, 0.15) is 11.9 Å². The van der Waals surface area contributed by atoms with Gasteiger partial charge < -0.3 is 9.84 Å². The largest absolute Gasteiger partial charge is 0.496 e. The number of benzene rings is 1. The number of hydrogen-bond donors (Lipinski definition) is 1. The Morgan fingerprint density at radius 2 is 2.33 bits per heavy atom. The third-order valence-electron chi connectivity index (χ3n) is 4.72. The Bertz CT molecular complexity index is 540. The van der Waals surface area contributed by atoms with Gasteiger partial charge in [-0.05, 0) is 30.9 Å². The number of aliphatic hydroxyl groups is 1. The monoisotopic (exact) mass is 307 g/mol. The second kappa shape index (κ2) is 6.68. The van der Waals surface area contributed by atoms with Crippen LogP contribution >= 0.6 is 11.6 Å². The predicted molar refractivity (Wildman–Crippen MR) is 83.3 cm³/mol. The second-order valence-corrected chi connectivity index (χ2v) is 6.30. The minimum absolute atomic E-state index is 0.454. The molecule has 0 aromatic heterocycles. The summed E-state index contributed by atoms with van der Waals surface area (Å²) in [5, 5.41) is 21.1. The van der Waals surface area contributed by atoms with Crippen LogP contribution in [0.15, 0.2) is 18.2 Å². The topological polar surface area (TPSA) is 53.2 Å². The van der Waals surface area contributed by atoms with Gasteiger partial charge in [-0.15, -0.1) is 0 Å². The van der Waals surface area contributed by atoms with Crippen LogP contribution in [0, 0.1) is 22.7 Å². The molecule has 4 heteroatoms. The van der Waals surface area contributed by atoms with E-state index in [-0.39, 0.29) is 0 Å². The smallest absolute Gasteiger partial charge is 0.126 e. The van der Waals surface area contributed by atoms with Gasteiger partial charge in [-0.1, -0.05) is 43.9 Å². The number of halogens is 1. The van der Waals surface area contributed by atoms with E-state index in [1.807, 2.05) is 0 Å². The lowest BCUT2D eigenvalue weighted by Gasteiger charge is -2.39. The molecule has 2 rings (SSSR count). The van der Waals surface area contributed by atoms with Crippen LogP contribution in [0.3, 0.4) is 0 Å². The Hall–Kier alpha value is -1.24. The molecule has 1 aliphatic carbocycles. The summed E-state index contributed by atoms with van der Waals surface area (Å²) < 4.78 is 5.33. The molecule has 1 saturated carbocycles. The normalized spacial score (nSPS) is 26.9. The first kappa shape index (κ1) is 16.1. The van der Waals surface area contributed by atoms with Crippen LogP contribution < -0.4 is 4.74 Å². The molecule has 21 heavy (non-hydrogen) atoms. The van der Waals surface area contributed by atoms with Crippen molar-refractivity contribution in [3.8, 4) is 11.8 Å². The van der Waals surface area contributed by atoms with E-state index in [4.69, 9.17) is 16.3 Å². The molecule has 3 nitrogen and oxygen atoms in total. The van der Waals surface area contributed by atoms with Gasteiger partial charge in [0.2, 0.25) is 0 Å². The van der Waals surface area contributed by atoms with Crippen LogP contribution in [-0.2, 0) is 0 Å². The predicted octanol–water partition coefficient (Wildman–Crippen LogP) is 4.49. The average Bonchev–Trinajstić information content (AvgIpc) is 2.53. The number of nitrogens with zero attached hydrogens (tertiary/aromatic N) is 1. The van der Waals surface area contributed by atoms with Crippen LogP contribution in [-0.4, -0.2) is 12.2 Å². The first-order valence-electron chi connectivity index (χ1n) is 7.49. The molecule has 3 atom stereocenters. The molecule has 1 aromatic rings. The summed E-state index contributed by atoms with van der Waals surface area (Å²) in [6.07, 6.45) is 3.64. The molecule has 0 amide bonds. The molecule has 0 bridgehead atoms. The first-order chi connectivity index (χ1) is 10.1. The van der Waals surface area contributed by atoms with Crippen LogP contribution in [0.2, 0.25) is 5.02 Å². The quantitative estimate of drug-likeness (QED) is 0.891. The lowest BCUT2D eigenvalue weighted by atomic mass is 9.65. The van der Waals surface area contributed by atoms with E-state index < -0.39 is 11.5 Å². The summed E-state index contributed by atoms with van der Waals surface area (Å²) in [6, 6.07) is 7.68. The summed E-state index contributed by atoms with van der Waals surface area (Å²) >= 11 is 6.26. The van der Waals surface area contributed by atoms with Crippen LogP contribution in [0.4, 0.5) is 0 Å². The van der Waals surface area contributed by atoms with Crippen LogP contribution in [0.25, 0.3) is 0 Å². The van der Waals surface area contributed by atoms with Crippen molar-refractivity contribution in [2.45, 2.75) is 45.1 Å². The number of nitriles is 1. The zero-order valence-electron chi connectivity index (χ0n) is 12.6. The molecule has 1 fully saturated rings. The minimum Gasteiger partial charge on any atom is -0.496 e. The van der Waals surface area contributed by atoms with Crippen LogP contribution in [0.5, 0.6) is 5.75 Å². The standard InChI is InChI=1S/C17H22ClNO2/c1-3-12-6-5-9-17(10-12,11-19)16(20)15-13(18)7-4-8-14(15)21-2/h4,7-8,12,16,20H,3,5-6,9-10H2,1-2H3. The third-order valence-corrected chi connectivity index (χ3v) is 5.05. The summed E-state index contributed by atoms with van der Waals surface area (Å²) in [5.41, 5.74) is -0.225. The minimum atomic E-state index is -0.916. The maximum atomic E-state index is 10.9. The van der Waals surface area contributed by atoms with E-state index in [9.17, 15) is 10.4 Å². The molecular formula is C17H22ClNO2. The fraction of sp³-hybridized carbons (Fsp3) is 0.588. The summed E-state index contributed by atoms with van der Waals surface area (Å²) in [5.74, 6) is 1.03. The highest BCUT2D eigenvalue weighted by atomic mass is 35.5. The van der Waals surface area contributed by atoms with E-state index in [1.165, 1.54) is 0 Å². The highest BCUT2D eigenvalue weighted by Gasteiger charge is 2.44. The summed E-state index contributed by atoms with van der Waals surface area (Å²) in [6.45, 7) is 2.14. The Kier molecular flexibility index (Phi) is 5.13. The van der Waals surface area contributed by atoms with Crippen molar-refractivity contribution in [2.75, 3.05) is 7.11 Å². The molecule has 1 aliphatic rings. The van der Waals surface area contributed by atoms with Crippen molar-refractivity contribution in [2.24, 2.45) is 11.3 Å². The van der Waals surface area contributed by atoms with Crippen molar-refractivity contribution in [1.82, 2.24) is 0 Å². The highest BCUT2D eigenvalue weighted by molar-refractivity contribution is 6.31. The summed E-state index contributed by atoms with van der Waals surface area (Å²) in [4.78, 5) is 0. The second-order valence-electron chi connectivity index (χ2n) is 5.90. The fourth-order valence-electron chi connectivity index (χ4n) is 3.42.